The van der Waals surface area contributed by atoms with E-state index in [1.807, 2.05) is 13.8 Å². The van der Waals surface area contributed by atoms with Crippen LogP contribution in [0.25, 0.3) is 0 Å². The molecule has 0 amide bonds. The highest BCUT2D eigenvalue weighted by atomic mass is 16.5. The minimum Gasteiger partial charge on any atom is -0.378 e. The normalized spacial score (nSPS) is 12.7. The van der Waals surface area contributed by atoms with Crippen molar-refractivity contribution in [3.05, 3.63) is 0 Å². The number of hydrogen-bond acceptors (Lipinski definition) is 4. The molecule has 0 rings (SSSR count). The average molecular weight is 273 g/mol. The van der Waals surface area contributed by atoms with Crippen LogP contribution in [-0.4, -0.2) is 37.2 Å². The van der Waals surface area contributed by atoms with Gasteiger partial charge in [-0.1, -0.05) is 27.7 Å². The summed E-state index contributed by atoms with van der Waals surface area (Å²) in [5.41, 5.74) is 4.64. The minimum atomic E-state index is -0.713. The lowest BCUT2D eigenvalue weighted by Crippen LogP contribution is -2.45. The lowest BCUT2D eigenvalue weighted by atomic mass is 9.90. The summed E-state index contributed by atoms with van der Waals surface area (Å²) in [6.45, 7) is 8.75. The first-order valence-electron chi connectivity index (χ1n) is 7.42. The molecule has 0 fully saturated rings. The highest BCUT2D eigenvalue weighted by Gasteiger charge is 2.35. The van der Waals surface area contributed by atoms with E-state index in [2.05, 4.69) is 13.8 Å². The topological polar surface area (TPSA) is 61.5 Å². The molecule has 0 spiro atoms. The molecule has 0 aliphatic carbocycles. The van der Waals surface area contributed by atoms with Gasteiger partial charge in [-0.15, -0.1) is 0 Å². The van der Waals surface area contributed by atoms with Gasteiger partial charge in [0.1, 0.15) is 5.60 Å². The standard InChI is InChI=1S/C15H31NO3/c1-6-14(7-2,18-5)10-11-19-15(8-3,9-4)13(17)12-16/h6-12,16H2,1-5H3. The van der Waals surface area contributed by atoms with E-state index in [9.17, 15) is 4.79 Å². The molecule has 0 aromatic carbocycles. The Labute approximate surface area is 118 Å². The van der Waals surface area contributed by atoms with Crippen molar-refractivity contribution >= 4 is 5.78 Å². The van der Waals surface area contributed by atoms with Crippen molar-refractivity contribution in [2.45, 2.75) is 71.0 Å². The number of nitrogens with two attached hydrogens (primary N) is 1. The molecule has 114 valence electrons. The van der Waals surface area contributed by atoms with Crippen LogP contribution in [0.5, 0.6) is 0 Å². The quantitative estimate of drug-likeness (QED) is 0.628. The Hall–Kier alpha value is -0.450. The maximum Gasteiger partial charge on any atom is 0.178 e. The predicted octanol–water partition coefficient (Wildman–Crippen LogP) is 2.68. The van der Waals surface area contributed by atoms with Gasteiger partial charge < -0.3 is 15.2 Å². The van der Waals surface area contributed by atoms with Crippen molar-refractivity contribution in [2.24, 2.45) is 5.73 Å². The molecule has 2 N–H and O–H groups in total. The molecular weight excluding hydrogens is 242 g/mol. The van der Waals surface area contributed by atoms with Crippen LogP contribution in [0.1, 0.15) is 59.8 Å². The van der Waals surface area contributed by atoms with Gasteiger partial charge in [0, 0.05) is 7.11 Å². The summed E-state index contributed by atoms with van der Waals surface area (Å²) in [7, 11) is 1.74. The number of rotatable bonds is 11. The Morgan fingerprint density at radius 3 is 1.89 bits per heavy atom. The van der Waals surface area contributed by atoms with Crippen LogP contribution in [0.15, 0.2) is 0 Å². The fourth-order valence-corrected chi connectivity index (χ4v) is 2.54. The molecule has 0 atom stereocenters. The molecule has 0 unspecified atom stereocenters. The molecule has 19 heavy (non-hydrogen) atoms. The predicted molar refractivity (Wildman–Crippen MR) is 78.3 cm³/mol. The van der Waals surface area contributed by atoms with E-state index in [0.29, 0.717) is 19.4 Å². The molecule has 0 radical (unpaired) electrons. The second-order valence-corrected chi connectivity index (χ2v) is 5.02. The first kappa shape index (κ1) is 18.6. The van der Waals surface area contributed by atoms with Gasteiger partial charge in [0.25, 0.3) is 0 Å². The molecule has 0 heterocycles. The summed E-state index contributed by atoms with van der Waals surface area (Å²) >= 11 is 0. The number of ketones is 1. The van der Waals surface area contributed by atoms with E-state index in [1.165, 1.54) is 0 Å². The molecular formula is C15H31NO3. The molecule has 0 aliphatic rings. The monoisotopic (exact) mass is 273 g/mol. The van der Waals surface area contributed by atoms with Crippen LogP contribution < -0.4 is 5.73 Å². The Morgan fingerprint density at radius 1 is 1.05 bits per heavy atom. The van der Waals surface area contributed by atoms with Gasteiger partial charge >= 0.3 is 0 Å². The van der Waals surface area contributed by atoms with Crippen molar-refractivity contribution in [1.29, 1.82) is 0 Å². The number of hydrogen-bond donors (Lipinski definition) is 1. The lowest BCUT2D eigenvalue weighted by molar-refractivity contribution is -0.148. The van der Waals surface area contributed by atoms with Crippen molar-refractivity contribution in [3.8, 4) is 0 Å². The molecule has 0 aromatic heterocycles. The van der Waals surface area contributed by atoms with Crippen LogP contribution >= 0.6 is 0 Å². The van der Waals surface area contributed by atoms with Gasteiger partial charge in [-0.25, -0.2) is 0 Å². The summed E-state index contributed by atoms with van der Waals surface area (Å²) in [4.78, 5) is 12.0. The maximum absolute atomic E-state index is 12.0. The second kappa shape index (κ2) is 8.67. The Kier molecular flexibility index (Phi) is 8.46. The van der Waals surface area contributed by atoms with Crippen LogP contribution in [0.2, 0.25) is 0 Å². The van der Waals surface area contributed by atoms with E-state index in [0.717, 1.165) is 19.3 Å². The lowest BCUT2D eigenvalue weighted by Gasteiger charge is -2.34. The summed E-state index contributed by atoms with van der Waals surface area (Å²) in [5, 5.41) is 0. The Morgan fingerprint density at radius 2 is 1.58 bits per heavy atom. The SMILES string of the molecule is CCC(CC)(CCOC(CC)(CC)C(=O)CN)OC. The van der Waals surface area contributed by atoms with E-state index >= 15 is 0 Å². The highest BCUT2D eigenvalue weighted by Crippen LogP contribution is 2.27. The third kappa shape index (κ3) is 4.55. The summed E-state index contributed by atoms with van der Waals surface area (Å²) < 4.78 is 11.5. The summed E-state index contributed by atoms with van der Waals surface area (Å²) in [5.74, 6) is -0.00601. The van der Waals surface area contributed by atoms with Crippen molar-refractivity contribution in [2.75, 3.05) is 20.3 Å². The fourth-order valence-electron chi connectivity index (χ4n) is 2.54. The number of methoxy groups -OCH3 is 1. The van der Waals surface area contributed by atoms with Gasteiger partial charge in [0.2, 0.25) is 0 Å². The maximum atomic E-state index is 12.0. The molecule has 0 bridgehead atoms. The van der Waals surface area contributed by atoms with Crippen LogP contribution in [0, 0.1) is 0 Å². The molecule has 0 aliphatic heterocycles. The van der Waals surface area contributed by atoms with Crippen molar-refractivity contribution in [3.63, 3.8) is 0 Å². The molecule has 0 aromatic rings. The van der Waals surface area contributed by atoms with Crippen LogP contribution in [0.4, 0.5) is 0 Å². The summed E-state index contributed by atoms with van der Waals surface area (Å²) in [6.07, 6.45) is 4.02. The molecule has 4 heteroatoms. The Balaban J connectivity index is 4.62. The van der Waals surface area contributed by atoms with Gasteiger partial charge in [0.15, 0.2) is 5.78 Å². The first-order valence-corrected chi connectivity index (χ1v) is 7.42. The number of carbonyl (C=O) groups excluding carboxylic acids is 1. The van der Waals surface area contributed by atoms with Gasteiger partial charge in [0.05, 0.1) is 18.8 Å². The van der Waals surface area contributed by atoms with Crippen LogP contribution in [-0.2, 0) is 14.3 Å². The van der Waals surface area contributed by atoms with Gasteiger partial charge in [-0.3, -0.25) is 4.79 Å². The number of carbonyl (C=O) groups is 1. The summed E-state index contributed by atoms with van der Waals surface area (Å²) in [6, 6.07) is 0. The fraction of sp³-hybridized carbons (Fsp3) is 0.933. The third-order valence-electron chi connectivity index (χ3n) is 4.49. The Bertz CT molecular complexity index is 250. The number of Topliss-reactive ketones (excluding diaryl/α,β-unsaturated/α-hetero) is 1. The first-order chi connectivity index (χ1) is 8.99. The zero-order chi connectivity index (χ0) is 14.9. The minimum absolute atomic E-state index is 0.00601. The van der Waals surface area contributed by atoms with E-state index < -0.39 is 5.60 Å². The zero-order valence-corrected chi connectivity index (χ0v) is 13.3. The largest absolute Gasteiger partial charge is 0.378 e. The average Bonchev–Trinajstić information content (AvgIpc) is 2.48. The van der Waals surface area contributed by atoms with Crippen molar-refractivity contribution < 1.29 is 14.3 Å². The second-order valence-electron chi connectivity index (χ2n) is 5.02. The van der Waals surface area contributed by atoms with Gasteiger partial charge in [-0.2, -0.15) is 0 Å². The third-order valence-corrected chi connectivity index (χ3v) is 4.49. The van der Waals surface area contributed by atoms with Crippen LogP contribution in [0.3, 0.4) is 0 Å². The number of ether oxygens (including phenoxy) is 2. The van der Waals surface area contributed by atoms with E-state index in [1.54, 1.807) is 7.11 Å². The van der Waals surface area contributed by atoms with Gasteiger partial charge in [-0.05, 0) is 32.1 Å². The van der Waals surface area contributed by atoms with E-state index in [4.69, 9.17) is 15.2 Å². The van der Waals surface area contributed by atoms with E-state index in [-0.39, 0.29) is 17.9 Å². The van der Waals surface area contributed by atoms with Crippen molar-refractivity contribution in [1.82, 2.24) is 0 Å². The zero-order valence-electron chi connectivity index (χ0n) is 13.3. The molecule has 0 saturated heterocycles. The highest BCUT2D eigenvalue weighted by molar-refractivity contribution is 5.88. The smallest absolute Gasteiger partial charge is 0.178 e. The molecule has 4 nitrogen and oxygen atoms in total. The molecule has 0 saturated carbocycles.